The summed E-state index contributed by atoms with van der Waals surface area (Å²) in [5, 5.41) is 2.77. The van der Waals surface area contributed by atoms with Crippen molar-refractivity contribution >= 4 is 17.3 Å². The van der Waals surface area contributed by atoms with Crippen molar-refractivity contribution in [2.75, 3.05) is 23.8 Å². The number of fused-ring (bicyclic) bond motifs is 1. The summed E-state index contributed by atoms with van der Waals surface area (Å²) in [5.41, 5.74) is 2.69. The molecule has 3 nitrogen and oxygen atoms in total. The van der Waals surface area contributed by atoms with Crippen LogP contribution >= 0.6 is 0 Å². The topological polar surface area (TPSA) is 32.3 Å². The summed E-state index contributed by atoms with van der Waals surface area (Å²) >= 11 is 0. The Bertz CT molecular complexity index is 669. The van der Waals surface area contributed by atoms with E-state index in [9.17, 15) is 9.18 Å². The minimum atomic E-state index is -0.411. The zero-order chi connectivity index (χ0) is 14.1. The number of hydrogen-bond acceptors (Lipinski definition) is 2. The maximum atomic E-state index is 13.8. The molecule has 0 aromatic heterocycles. The van der Waals surface area contributed by atoms with Crippen molar-refractivity contribution in [3.63, 3.8) is 0 Å². The molecule has 1 heterocycles. The third kappa shape index (κ3) is 1.93. The van der Waals surface area contributed by atoms with Gasteiger partial charge in [0.15, 0.2) is 0 Å². The fourth-order valence-corrected chi connectivity index (χ4v) is 2.65. The molecule has 1 aliphatic heterocycles. The fraction of sp³-hybridized carbons (Fsp3) is 0.188. The number of anilines is 2. The number of benzene rings is 2. The molecule has 1 aliphatic rings. The second kappa shape index (κ2) is 4.96. The monoisotopic (exact) mass is 270 g/mol. The van der Waals surface area contributed by atoms with Crippen LogP contribution in [0.2, 0.25) is 0 Å². The first-order chi connectivity index (χ1) is 9.72. The van der Waals surface area contributed by atoms with Gasteiger partial charge in [0.2, 0.25) is 0 Å². The Balaban J connectivity index is 2.01. The van der Waals surface area contributed by atoms with Gasteiger partial charge in [0.25, 0.3) is 5.91 Å². The molecule has 0 fully saturated rings. The van der Waals surface area contributed by atoms with Crippen LogP contribution in [0.15, 0.2) is 42.5 Å². The molecule has 1 N–H and O–H groups in total. The highest BCUT2D eigenvalue weighted by atomic mass is 19.1. The van der Waals surface area contributed by atoms with Gasteiger partial charge in [-0.3, -0.25) is 4.79 Å². The van der Waals surface area contributed by atoms with Crippen LogP contribution in [0.5, 0.6) is 0 Å². The number of hydrogen-bond donors (Lipinski definition) is 1. The largest absolute Gasteiger partial charge is 0.385 e. The fourth-order valence-electron chi connectivity index (χ4n) is 2.65. The van der Waals surface area contributed by atoms with E-state index in [1.165, 1.54) is 6.07 Å². The van der Waals surface area contributed by atoms with E-state index in [1.807, 2.05) is 24.3 Å². The molecular weight excluding hydrogens is 255 g/mol. The van der Waals surface area contributed by atoms with Gasteiger partial charge in [0.05, 0.1) is 11.3 Å². The maximum Gasteiger partial charge on any atom is 0.260 e. The number of carbonyl (C=O) groups excluding carboxylic acids is 1. The second-order valence-corrected chi connectivity index (χ2v) is 4.75. The van der Waals surface area contributed by atoms with Crippen molar-refractivity contribution in [3.05, 3.63) is 59.4 Å². The minimum absolute atomic E-state index is 0.168. The first-order valence-electron chi connectivity index (χ1n) is 6.58. The average molecular weight is 270 g/mol. The summed E-state index contributed by atoms with van der Waals surface area (Å²) in [5.74, 6) is -0.579. The quantitative estimate of drug-likeness (QED) is 0.909. The van der Waals surface area contributed by atoms with Gasteiger partial charge in [0, 0.05) is 19.3 Å². The molecule has 2 aromatic carbocycles. The molecule has 0 saturated carbocycles. The number of nitrogens with one attached hydrogen (secondary N) is 1. The molecular formula is C16H15FN2O. The van der Waals surface area contributed by atoms with Crippen molar-refractivity contribution in [2.24, 2.45) is 0 Å². The normalized spacial score (nSPS) is 13.2. The summed E-state index contributed by atoms with van der Waals surface area (Å²) in [6.07, 6.45) is 0.839. The van der Waals surface area contributed by atoms with Crippen LogP contribution in [0.3, 0.4) is 0 Å². The van der Waals surface area contributed by atoms with Crippen LogP contribution in [0, 0.1) is 5.82 Å². The molecule has 3 rings (SSSR count). The number of carbonyl (C=O) groups is 1. The molecule has 0 spiro atoms. The van der Waals surface area contributed by atoms with Crippen molar-refractivity contribution in [2.45, 2.75) is 6.42 Å². The molecule has 2 aromatic rings. The van der Waals surface area contributed by atoms with Crippen LogP contribution in [-0.4, -0.2) is 19.5 Å². The van der Waals surface area contributed by atoms with Crippen LogP contribution in [-0.2, 0) is 6.42 Å². The van der Waals surface area contributed by atoms with Crippen molar-refractivity contribution < 1.29 is 9.18 Å². The molecule has 102 valence electrons. The maximum absolute atomic E-state index is 13.8. The number of amides is 1. The van der Waals surface area contributed by atoms with Gasteiger partial charge in [-0.25, -0.2) is 4.39 Å². The van der Waals surface area contributed by atoms with E-state index < -0.39 is 5.82 Å². The number of halogens is 1. The number of rotatable bonds is 2. The third-order valence-corrected chi connectivity index (χ3v) is 3.63. The van der Waals surface area contributed by atoms with Crippen molar-refractivity contribution in [1.29, 1.82) is 0 Å². The van der Waals surface area contributed by atoms with Crippen molar-refractivity contribution in [3.8, 4) is 0 Å². The minimum Gasteiger partial charge on any atom is -0.385 e. The van der Waals surface area contributed by atoms with Gasteiger partial charge in [-0.2, -0.15) is 0 Å². The summed E-state index contributed by atoms with van der Waals surface area (Å²) in [7, 11) is 1.62. The Hall–Kier alpha value is -2.36. The smallest absolute Gasteiger partial charge is 0.260 e. The zero-order valence-corrected chi connectivity index (χ0v) is 11.2. The zero-order valence-electron chi connectivity index (χ0n) is 11.2. The predicted molar refractivity (Wildman–Crippen MR) is 77.8 cm³/mol. The van der Waals surface area contributed by atoms with Crippen LogP contribution in [0.4, 0.5) is 15.8 Å². The molecule has 0 aliphatic carbocycles. The number of para-hydroxylation sites is 2. The highest BCUT2D eigenvalue weighted by Gasteiger charge is 2.27. The van der Waals surface area contributed by atoms with E-state index in [4.69, 9.17) is 0 Å². The SMILES string of the molecule is CNc1c(F)cccc1C(=O)N1CCc2ccccc21. The van der Waals surface area contributed by atoms with E-state index in [0.29, 0.717) is 12.1 Å². The van der Waals surface area contributed by atoms with E-state index in [1.54, 1.807) is 24.1 Å². The highest BCUT2D eigenvalue weighted by molar-refractivity contribution is 6.10. The lowest BCUT2D eigenvalue weighted by Gasteiger charge is -2.19. The summed E-state index contributed by atoms with van der Waals surface area (Å²) < 4.78 is 13.8. The Labute approximate surface area is 117 Å². The summed E-state index contributed by atoms with van der Waals surface area (Å²) in [4.78, 5) is 14.4. The van der Waals surface area contributed by atoms with Gasteiger partial charge in [0.1, 0.15) is 5.82 Å². The van der Waals surface area contributed by atoms with Crippen LogP contribution in [0.25, 0.3) is 0 Å². The first-order valence-corrected chi connectivity index (χ1v) is 6.58. The summed E-state index contributed by atoms with van der Waals surface area (Å²) in [6.45, 7) is 0.637. The molecule has 0 radical (unpaired) electrons. The first kappa shape index (κ1) is 12.7. The molecule has 0 saturated heterocycles. The lowest BCUT2D eigenvalue weighted by Crippen LogP contribution is -2.29. The van der Waals surface area contributed by atoms with E-state index in [2.05, 4.69) is 5.32 Å². The number of nitrogens with zero attached hydrogens (tertiary/aromatic N) is 1. The van der Waals surface area contributed by atoms with Crippen LogP contribution in [0.1, 0.15) is 15.9 Å². The summed E-state index contributed by atoms with van der Waals surface area (Å²) in [6, 6.07) is 12.4. The van der Waals surface area contributed by atoms with E-state index >= 15 is 0 Å². The van der Waals surface area contributed by atoms with E-state index in [-0.39, 0.29) is 11.6 Å². The third-order valence-electron chi connectivity index (χ3n) is 3.63. The van der Waals surface area contributed by atoms with Gasteiger partial charge in [-0.05, 0) is 30.2 Å². The molecule has 4 heteroatoms. The molecule has 0 unspecified atom stereocenters. The second-order valence-electron chi connectivity index (χ2n) is 4.75. The molecule has 0 atom stereocenters. The lowest BCUT2D eigenvalue weighted by atomic mass is 10.1. The Morgan fingerprint density at radius 2 is 2.00 bits per heavy atom. The van der Waals surface area contributed by atoms with Crippen molar-refractivity contribution in [1.82, 2.24) is 0 Å². The Morgan fingerprint density at radius 1 is 1.20 bits per heavy atom. The van der Waals surface area contributed by atoms with Gasteiger partial charge in [-0.1, -0.05) is 24.3 Å². The molecule has 20 heavy (non-hydrogen) atoms. The highest BCUT2D eigenvalue weighted by Crippen LogP contribution is 2.30. The predicted octanol–water partition coefficient (Wildman–Crippen LogP) is 3.07. The van der Waals surface area contributed by atoms with Gasteiger partial charge in [-0.15, -0.1) is 0 Å². The average Bonchev–Trinajstić information content (AvgIpc) is 2.90. The van der Waals surface area contributed by atoms with Crippen LogP contribution < -0.4 is 10.2 Å². The lowest BCUT2D eigenvalue weighted by molar-refractivity contribution is 0.0990. The molecule has 0 bridgehead atoms. The molecule has 1 amide bonds. The Kier molecular flexibility index (Phi) is 3.14. The van der Waals surface area contributed by atoms with Gasteiger partial charge < -0.3 is 10.2 Å². The van der Waals surface area contributed by atoms with Gasteiger partial charge >= 0.3 is 0 Å². The van der Waals surface area contributed by atoms with E-state index in [0.717, 1.165) is 17.7 Å². The standard InChI is InChI=1S/C16H15FN2O/c1-18-15-12(6-4-7-13(15)17)16(20)19-10-9-11-5-2-3-8-14(11)19/h2-8,18H,9-10H2,1H3. The Morgan fingerprint density at radius 3 is 2.80 bits per heavy atom.